The number of hydrogen-bond donors (Lipinski definition) is 0. The van der Waals surface area contributed by atoms with Crippen LogP contribution in [0.2, 0.25) is 0 Å². The lowest BCUT2D eigenvalue weighted by atomic mass is 9.83. The number of benzene rings is 1. The summed E-state index contributed by atoms with van der Waals surface area (Å²) in [7, 11) is 3.76. The fraction of sp³-hybridized carbons (Fsp3) is 0.500. The first-order valence-electron chi connectivity index (χ1n) is 9.25. The van der Waals surface area contributed by atoms with Crippen LogP contribution in [0, 0.1) is 0 Å². The molecule has 26 heavy (non-hydrogen) atoms. The number of imidazole rings is 1. The van der Waals surface area contributed by atoms with Gasteiger partial charge >= 0.3 is 0 Å². The number of methoxy groups -OCH3 is 1. The summed E-state index contributed by atoms with van der Waals surface area (Å²) < 4.78 is 7.38. The lowest BCUT2D eigenvalue weighted by molar-refractivity contribution is -0.138. The molecule has 1 saturated heterocycles. The Morgan fingerprint density at radius 1 is 1.15 bits per heavy atom. The number of likely N-dealkylation sites (N-methyl/N-ethyl adjacent to an activating group) is 1. The number of ether oxygens (including phenoxy) is 1. The van der Waals surface area contributed by atoms with Crippen molar-refractivity contribution < 1.29 is 9.53 Å². The molecule has 0 atom stereocenters. The van der Waals surface area contributed by atoms with Gasteiger partial charge in [-0.1, -0.05) is 30.3 Å². The van der Waals surface area contributed by atoms with Gasteiger partial charge < -0.3 is 14.2 Å². The van der Waals surface area contributed by atoms with Crippen molar-refractivity contribution in [1.82, 2.24) is 19.4 Å². The normalized spacial score (nSPS) is 19.5. The van der Waals surface area contributed by atoms with Gasteiger partial charge in [0.1, 0.15) is 12.4 Å². The molecule has 1 spiro atoms. The number of carbonyl (C=O) groups is 1. The van der Waals surface area contributed by atoms with Gasteiger partial charge in [0.2, 0.25) is 5.91 Å². The molecule has 0 unspecified atom stereocenters. The zero-order valence-corrected chi connectivity index (χ0v) is 15.5. The van der Waals surface area contributed by atoms with E-state index < -0.39 is 0 Å². The smallest absolute Gasteiger partial charge is 0.248 e. The molecule has 3 heterocycles. The van der Waals surface area contributed by atoms with Crippen molar-refractivity contribution in [1.29, 1.82) is 0 Å². The van der Waals surface area contributed by atoms with Crippen molar-refractivity contribution in [3.8, 4) is 11.3 Å². The van der Waals surface area contributed by atoms with Crippen LogP contribution in [0.1, 0.15) is 18.7 Å². The van der Waals surface area contributed by atoms with Crippen molar-refractivity contribution in [2.75, 3.05) is 40.4 Å². The second-order valence-corrected chi connectivity index (χ2v) is 7.25. The minimum absolute atomic E-state index is 0.0779. The number of fused-ring (bicyclic) bond motifs is 2. The van der Waals surface area contributed by atoms with E-state index in [1.54, 1.807) is 7.11 Å². The predicted molar refractivity (Wildman–Crippen MR) is 99.7 cm³/mol. The highest BCUT2D eigenvalue weighted by Gasteiger charge is 2.46. The lowest BCUT2D eigenvalue weighted by Gasteiger charge is -2.49. The molecule has 1 aromatic heterocycles. The van der Waals surface area contributed by atoms with E-state index in [0.29, 0.717) is 0 Å². The predicted octanol–water partition coefficient (Wildman–Crippen LogP) is 1.96. The lowest BCUT2D eigenvalue weighted by Crippen LogP contribution is -2.57. The van der Waals surface area contributed by atoms with Crippen LogP contribution in [0.3, 0.4) is 0 Å². The SMILES string of the molecule is COCC(=O)N1CCC2(CC1)c1ncc(-c3ccccc3)n1CCN2C. The van der Waals surface area contributed by atoms with Crippen molar-refractivity contribution >= 4 is 5.91 Å². The summed E-state index contributed by atoms with van der Waals surface area (Å²) in [5.41, 5.74) is 2.31. The maximum atomic E-state index is 12.2. The number of hydrogen-bond acceptors (Lipinski definition) is 4. The number of likely N-dealkylation sites (tertiary alicyclic amines) is 1. The van der Waals surface area contributed by atoms with Crippen LogP contribution in [0.15, 0.2) is 36.5 Å². The van der Waals surface area contributed by atoms with E-state index in [0.717, 1.165) is 44.8 Å². The summed E-state index contributed by atoms with van der Waals surface area (Å²) in [4.78, 5) is 21.4. The zero-order valence-electron chi connectivity index (χ0n) is 15.5. The van der Waals surface area contributed by atoms with Crippen LogP contribution in [-0.2, 0) is 21.6 Å². The molecule has 6 nitrogen and oxygen atoms in total. The van der Waals surface area contributed by atoms with Gasteiger partial charge in [-0.25, -0.2) is 4.98 Å². The quantitative estimate of drug-likeness (QED) is 0.846. The van der Waals surface area contributed by atoms with Gasteiger partial charge in [-0.3, -0.25) is 9.69 Å². The molecule has 1 amide bonds. The number of carbonyl (C=O) groups excluding carboxylic acids is 1. The van der Waals surface area contributed by atoms with E-state index in [-0.39, 0.29) is 18.1 Å². The van der Waals surface area contributed by atoms with Gasteiger partial charge in [-0.05, 0) is 25.5 Å². The Hall–Kier alpha value is -2.18. The summed E-state index contributed by atoms with van der Waals surface area (Å²) in [6.45, 7) is 3.61. The fourth-order valence-corrected chi connectivity index (χ4v) is 4.39. The van der Waals surface area contributed by atoms with E-state index >= 15 is 0 Å². The third-order valence-electron chi connectivity index (χ3n) is 5.94. The first-order chi connectivity index (χ1) is 12.7. The second-order valence-electron chi connectivity index (χ2n) is 7.25. The van der Waals surface area contributed by atoms with Crippen molar-refractivity contribution in [3.63, 3.8) is 0 Å². The average Bonchev–Trinajstić information content (AvgIpc) is 3.11. The molecule has 1 aromatic carbocycles. The molecule has 4 rings (SSSR count). The average molecular weight is 354 g/mol. The highest BCUT2D eigenvalue weighted by Crippen LogP contribution is 2.41. The van der Waals surface area contributed by atoms with Crippen LogP contribution >= 0.6 is 0 Å². The third kappa shape index (κ3) is 2.73. The molecule has 6 heteroatoms. The maximum Gasteiger partial charge on any atom is 0.248 e. The van der Waals surface area contributed by atoms with E-state index in [4.69, 9.17) is 9.72 Å². The summed E-state index contributed by atoms with van der Waals surface area (Å²) in [5.74, 6) is 1.22. The summed E-state index contributed by atoms with van der Waals surface area (Å²) in [5, 5.41) is 0. The van der Waals surface area contributed by atoms with Crippen LogP contribution in [0.25, 0.3) is 11.3 Å². The molecule has 138 valence electrons. The van der Waals surface area contributed by atoms with Crippen LogP contribution < -0.4 is 0 Å². The van der Waals surface area contributed by atoms with Crippen molar-refractivity contribution in [2.24, 2.45) is 0 Å². The standard InChI is InChI=1S/C20H26N4O2/c1-22-12-13-24-17(16-6-4-3-5-7-16)14-21-19(24)20(22)8-10-23(11-9-20)18(25)15-26-2/h3-7,14H,8-13,15H2,1-2H3. The van der Waals surface area contributed by atoms with Gasteiger partial charge in [-0.15, -0.1) is 0 Å². The Morgan fingerprint density at radius 3 is 2.58 bits per heavy atom. The molecule has 1 fully saturated rings. The van der Waals surface area contributed by atoms with Crippen LogP contribution in [0.4, 0.5) is 0 Å². The van der Waals surface area contributed by atoms with Gasteiger partial charge in [0.25, 0.3) is 0 Å². The number of aromatic nitrogens is 2. The molecule has 2 aliphatic heterocycles. The molecule has 2 aromatic rings. The van der Waals surface area contributed by atoms with Gasteiger partial charge in [0.05, 0.1) is 17.4 Å². The van der Waals surface area contributed by atoms with Crippen molar-refractivity contribution in [3.05, 3.63) is 42.4 Å². The van der Waals surface area contributed by atoms with Crippen molar-refractivity contribution in [2.45, 2.75) is 24.9 Å². The Kier molecular flexibility index (Phi) is 4.54. The molecule has 0 saturated carbocycles. The minimum Gasteiger partial charge on any atom is -0.375 e. The van der Waals surface area contributed by atoms with E-state index in [9.17, 15) is 4.79 Å². The highest BCUT2D eigenvalue weighted by molar-refractivity contribution is 5.77. The molecule has 0 bridgehead atoms. The summed E-state index contributed by atoms with van der Waals surface area (Å²) >= 11 is 0. The monoisotopic (exact) mass is 354 g/mol. The molecular weight excluding hydrogens is 328 g/mol. The highest BCUT2D eigenvalue weighted by atomic mass is 16.5. The summed E-state index contributed by atoms with van der Waals surface area (Å²) in [6.07, 6.45) is 3.82. The Labute approximate surface area is 154 Å². The van der Waals surface area contributed by atoms with E-state index in [2.05, 4.69) is 40.8 Å². The Morgan fingerprint density at radius 2 is 1.88 bits per heavy atom. The Bertz CT molecular complexity index is 778. The molecule has 0 radical (unpaired) electrons. The fourth-order valence-electron chi connectivity index (χ4n) is 4.39. The van der Waals surface area contributed by atoms with E-state index in [1.165, 1.54) is 11.3 Å². The summed E-state index contributed by atoms with van der Waals surface area (Å²) in [6, 6.07) is 10.5. The van der Waals surface area contributed by atoms with Gasteiger partial charge in [0, 0.05) is 33.3 Å². The minimum atomic E-state index is -0.0882. The van der Waals surface area contributed by atoms with Gasteiger partial charge in [-0.2, -0.15) is 0 Å². The number of piperidine rings is 1. The second kappa shape index (κ2) is 6.85. The van der Waals surface area contributed by atoms with E-state index in [1.807, 2.05) is 17.2 Å². The number of amides is 1. The molecular formula is C20H26N4O2. The molecule has 2 aliphatic rings. The topological polar surface area (TPSA) is 50.6 Å². The largest absolute Gasteiger partial charge is 0.375 e. The van der Waals surface area contributed by atoms with Gasteiger partial charge in [0.15, 0.2) is 0 Å². The maximum absolute atomic E-state index is 12.2. The number of rotatable bonds is 3. The van der Waals surface area contributed by atoms with Crippen LogP contribution in [-0.4, -0.2) is 65.7 Å². The number of nitrogens with zero attached hydrogens (tertiary/aromatic N) is 4. The zero-order chi connectivity index (χ0) is 18.1. The first kappa shape index (κ1) is 17.2. The Balaban J connectivity index is 1.64. The van der Waals surface area contributed by atoms with Crippen LogP contribution in [0.5, 0.6) is 0 Å². The first-order valence-corrected chi connectivity index (χ1v) is 9.25. The molecule has 0 N–H and O–H groups in total. The molecule has 0 aliphatic carbocycles. The third-order valence-corrected chi connectivity index (χ3v) is 5.94.